The van der Waals surface area contributed by atoms with E-state index < -0.39 is 7.60 Å². The number of hydrogen-bond donors (Lipinski definition) is 1. The largest absolute Gasteiger partial charge is 0.380 e. The Hall–Kier alpha value is 0.360. The van der Waals surface area contributed by atoms with Crippen molar-refractivity contribution in [1.82, 2.24) is 5.32 Å². The van der Waals surface area contributed by atoms with Gasteiger partial charge in [-0.3, -0.25) is 4.57 Å². The van der Waals surface area contributed by atoms with Crippen LogP contribution >= 0.6 is 20.0 Å². The second-order valence-electron chi connectivity index (χ2n) is 4.38. The summed E-state index contributed by atoms with van der Waals surface area (Å²) in [5, 5.41) is 3.28. The highest BCUT2D eigenvalue weighted by Crippen LogP contribution is 2.61. The summed E-state index contributed by atoms with van der Waals surface area (Å²) in [6, 6.07) is 0. The van der Waals surface area contributed by atoms with E-state index in [1.165, 1.54) is 0 Å². The van der Waals surface area contributed by atoms with E-state index in [2.05, 4.69) is 5.32 Å². The van der Waals surface area contributed by atoms with Crippen LogP contribution in [0.15, 0.2) is 0 Å². The molecule has 1 atom stereocenters. The van der Waals surface area contributed by atoms with Crippen molar-refractivity contribution in [3.63, 3.8) is 0 Å². The molecule has 1 spiro atoms. The molecule has 0 aromatic carbocycles. The molecule has 2 aliphatic heterocycles. The van der Waals surface area contributed by atoms with Crippen molar-refractivity contribution in [2.45, 2.75) is 19.5 Å². The summed E-state index contributed by atoms with van der Waals surface area (Å²) in [6.07, 6.45) is 0. The zero-order chi connectivity index (χ0) is 11.6. The topological polar surface area (TPSA) is 56.8 Å². The molecule has 0 aromatic rings. The summed E-state index contributed by atoms with van der Waals surface area (Å²) < 4.78 is 28.8. The molecule has 0 aromatic heterocycles. The van der Waals surface area contributed by atoms with Crippen LogP contribution in [-0.4, -0.2) is 45.2 Å². The molecule has 0 saturated carbocycles. The lowest BCUT2D eigenvalue weighted by molar-refractivity contribution is -0.101. The Morgan fingerprint density at radius 3 is 2.35 bits per heavy atom. The molecule has 2 fully saturated rings. The fourth-order valence-electron chi connectivity index (χ4n) is 2.48. The molecule has 0 amide bonds. The molecule has 2 rings (SSSR count). The molecule has 1 N–H and O–H groups in total. The van der Waals surface area contributed by atoms with Crippen molar-refractivity contribution < 1.29 is 18.3 Å². The van der Waals surface area contributed by atoms with E-state index in [9.17, 15) is 4.57 Å². The third-order valence-corrected chi connectivity index (χ3v) is 6.03. The summed E-state index contributed by atoms with van der Waals surface area (Å²) >= 11 is 0. The first kappa shape index (κ1) is 15.4. The number of ether oxygens (including phenoxy) is 1. The average molecular weight is 286 g/mol. The van der Waals surface area contributed by atoms with E-state index in [1.54, 1.807) is 0 Å². The quantitative estimate of drug-likeness (QED) is 0.779. The Labute approximate surface area is 109 Å². The van der Waals surface area contributed by atoms with Crippen molar-refractivity contribution in [2.24, 2.45) is 5.41 Å². The molecule has 0 aliphatic carbocycles. The van der Waals surface area contributed by atoms with E-state index in [1.807, 2.05) is 13.8 Å². The van der Waals surface area contributed by atoms with Crippen LogP contribution in [0, 0.1) is 5.41 Å². The van der Waals surface area contributed by atoms with Crippen LogP contribution in [0.3, 0.4) is 0 Å². The van der Waals surface area contributed by atoms with Crippen LogP contribution in [-0.2, 0) is 18.3 Å². The Kier molecular flexibility index (Phi) is 5.44. The molecule has 7 heteroatoms. The maximum atomic E-state index is 12.7. The van der Waals surface area contributed by atoms with Gasteiger partial charge < -0.3 is 19.1 Å². The van der Waals surface area contributed by atoms with Crippen LogP contribution in [0.25, 0.3) is 0 Å². The lowest BCUT2D eigenvalue weighted by Gasteiger charge is -2.43. The Morgan fingerprint density at radius 1 is 1.35 bits per heavy atom. The summed E-state index contributed by atoms with van der Waals surface area (Å²) in [6.45, 7) is 7.40. The first-order valence-electron chi connectivity index (χ1n) is 5.84. The third-order valence-electron chi connectivity index (χ3n) is 3.30. The first-order chi connectivity index (χ1) is 7.67. The minimum absolute atomic E-state index is 0. The Morgan fingerprint density at radius 2 is 1.94 bits per heavy atom. The molecule has 5 nitrogen and oxygen atoms in total. The van der Waals surface area contributed by atoms with Gasteiger partial charge in [0.1, 0.15) is 0 Å². The normalized spacial score (nSPS) is 26.6. The second-order valence-corrected chi connectivity index (χ2v) is 6.60. The lowest BCUT2D eigenvalue weighted by atomic mass is 9.85. The number of rotatable bonds is 5. The third kappa shape index (κ3) is 2.70. The number of halogens is 1. The molecule has 17 heavy (non-hydrogen) atoms. The molecule has 2 saturated heterocycles. The fraction of sp³-hybridized carbons (Fsp3) is 1.00. The van der Waals surface area contributed by atoms with E-state index in [0.717, 1.165) is 6.54 Å². The van der Waals surface area contributed by atoms with Crippen LogP contribution in [0.5, 0.6) is 0 Å². The van der Waals surface area contributed by atoms with Crippen molar-refractivity contribution in [3.05, 3.63) is 0 Å². The van der Waals surface area contributed by atoms with Crippen LogP contribution in [0.4, 0.5) is 0 Å². The monoisotopic (exact) mass is 285 g/mol. The van der Waals surface area contributed by atoms with Gasteiger partial charge in [-0.2, -0.15) is 0 Å². The van der Waals surface area contributed by atoms with Crippen molar-refractivity contribution >= 4 is 20.0 Å². The van der Waals surface area contributed by atoms with Crippen LogP contribution < -0.4 is 5.32 Å². The molecule has 2 aliphatic rings. The maximum Gasteiger partial charge on any atom is 0.335 e. The predicted octanol–water partition coefficient (Wildman–Crippen LogP) is 1.66. The van der Waals surface area contributed by atoms with Crippen molar-refractivity contribution in [2.75, 3.05) is 39.5 Å². The zero-order valence-corrected chi connectivity index (χ0v) is 12.0. The van der Waals surface area contributed by atoms with Gasteiger partial charge in [0.05, 0.1) is 32.1 Å². The predicted molar refractivity (Wildman–Crippen MR) is 68.0 cm³/mol. The minimum atomic E-state index is -3.00. The second kappa shape index (κ2) is 6.00. The number of hydrogen-bond acceptors (Lipinski definition) is 5. The molecule has 0 bridgehead atoms. The van der Waals surface area contributed by atoms with Gasteiger partial charge in [0.25, 0.3) is 0 Å². The molecule has 1 unspecified atom stereocenters. The average Bonchev–Trinajstić information content (AvgIpc) is 2.62. The van der Waals surface area contributed by atoms with Crippen molar-refractivity contribution in [1.29, 1.82) is 0 Å². The van der Waals surface area contributed by atoms with Crippen LogP contribution in [0.2, 0.25) is 0 Å². The van der Waals surface area contributed by atoms with E-state index in [0.29, 0.717) is 33.0 Å². The van der Waals surface area contributed by atoms with Gasteiger partial charge in [0, 0.05) is 18.5 Å². The maximum absolute atomic E-state index is 12.7. The van der Waals surface area contributed by atoms with E-state index in [-0.39, 0.29) is 23.5 Å². The standard InChI is InChI=1S/C10H20NO4P.ClH/c1-3-14-16(12,15-4-2)9-5-11-6-10(9)7-13-8-10;/h9,11H,3-8H2,1-2H3;1H. The first-order valence-corrected chi connectivity index (χ1v) is 7.45. The molecular weight excluding hydrogens is 265 g/mol. The van der Waals surface area contributed by atoms with Gasteiger partial charge >= 0.3 is 7.60 Å². The SMILES string of the molecule is CCOP(=O)(OCC)C1CNCC12COC2.Cl. The summed E-state index contributed by atoms with van der Waals surface area (Å²) in [5.74, 6) is 0. The highest BCUT2D eigenvalue weighted by molar-refractivity contribution is 7.54. The molecule has 0 radical (unpaired) electrons. The van der Waals surface area contributed by atoms with Crippen LogP contribution in [0.1, 0.15) is 13.8 Å². The highest BCUT2D eigenvalue weighted by Gasteiger charge is 2.57. The van der Waals surface area contributed by atoms with Gasteiger partial charge in [0.15, 0.2) is 0 Å². The zero-order valence-electron chi connectivity index (χ0n) is 10.3. The highest BCUT2D eigenvalue weighted by atomic mass is 35.5. The minimum Gasteiger partial charge on any atom is -0.380 e. The Balaban J connectivity index is 0.00000144. The van der Waals surface area contributed by atoms with Gasteiger partial charge in [-0.05, 0) is 13.8 Å². The lowest BCUT2D eigenvalue weighted by Crippen LogP contribution is -2.51. The van der Waals surface area contributed by atoms with E-state index in [4.69, 9.17) is 13.8 Å². The summed E-state index contributed by atoms with van der Waals surface area (Å²) in [7, 11) is -3.00. The van der Waals surface area contributed by atoms with Gasteiger partial charge in [-0.15, -0.1) is 12.4 Å². The Bertz CT molecular complexity index is 288. The number of nitrogens with one attached hydrogen (secondary N) is 1. The molecule has 102 valence electrons. The fourth-order valence-corrected chi connectivity index (χ4v) is 4.89. The smallest absolute Gasteiger partial charge is 0.335 e. The van der Waals surface area contributed by atoms with Gasteiger partial charge in [0.2, 0.25) is 0 Å². The summed E-state index contributed by atoms with van der Waals surface area (Å²) in [4.78, 5) is 0. The summed E-state index contributed by atoms with van der Waals surface area (Å²) in [5.41, 5.74) is -0.0893. The molecular formula is C10H21ClNO4P. The molecule has 2 heterocycles. The van der Waals surface area contributed by atoms with Gasteiger partial charge in [-0.1, -0.05) is 0 Å². The van der Waals surface area contributed by atoms with Gasteiger partial charge in [-0.25, -0.2) is 0 Å². The van der Waals surface area contributed by atoms with E-state index >= 15 is 0 Å². The van der Waals surface area contributed by atoms with Crippen molar-refractivity contribution in [3.8, 4) is 0 Å².